The lowest BCUT2D eigenvalue weighted by atomic mass is 10.7. The first-order valence-electron chi connectivity index (χ1n) is 2.31. The predicted octanol–water partition coefficient (Wildman–Crippen LogP) is 2.09. The minimum Gasteiger partial charge on any atom is -0.122 e. The number of hydrogen-bond donors (Lipinski definition) is 0. The molecule has 0 N–H and O–H groups in total. The topological polar surface area (TPSA) is 0 Å². The molecule has 0 radical (unpaired) electrons. The lowest BCUT2D eigenvalue weighted by Gasteiger charge is -1.94. The molecular weight excluding hydrogens is 182 g/mol. The summed E-state index contributed by atoms with van der Waals surface area (Å²) >= 11 is 16.3. The molecule has 0 aliphatic carbocycles. The molecule has 4 heteroatoms. The van der Waals surface area contributed by atoms with Crippen LogP contribution in [0.1, 0.15) is 0 Å². The molecule has 0 aliphatic rings. The van der Waals surface area contributed by atoms with E-state index in [9.17, 15) is 0 Å². The first kappa shape index (κ1) is 8.83. The average molecular weight is 190 g/mol. The Kier molecular flexibility index (Phi) is 5.17. The molecule has 48 valence electrons. The van der Waals surface area contributed by atoms with E-state index < -0.39 is 0 Å². The summed E-state index contributed by atoms with van der Waals surface area (Å²) in [5.41, 5.74) is 0. The van der Waals surface area contributed by atoms with Crippen molar-refractivity contribution in [2.45, 2.75) is 6.55 Å². The van der Waals surface area contributed by atoms with E-state index in [1.165, 1.54) is 0 Å². The molecule has 8 heavy (non-hydrogen) atoms. The molecule has 0 heterocycles. The van der Waals surface area contributed by atoms with Gasteiger partial charge in [0, 0.05) is 5.88 Å². The summed E-state index contributed by atoms with van der Waals surface area (Å²) in [5.74, 6) is 0.491. The maximum Gasteiger partial charge on any atom is 0.102 e. The van der Waals surface area contributed by atoms with Crippen LogP contribution in [0.15, 0.2) is 9.69 Å². The molecule has 0 unspecified atom stereocenters. The highest BCUT2D eigenvalue weighted by Gasteiger charge is 1.95. The zero-order valence-electron chi connectivity index (χ0n) is 4.55. The quantitative estimate of drug-likeness (QED) is 0.461. The van der Waals surface area contributed by atoms with Crippen molar-refractivity contribution in [1.29, 1.82) is 0 Å². The molecule has 0 spiro atoms. The van der Waals surface area contributed by atoms with Crippen LogP contribution in [0.4, 0.5) is 0 Å². The maximum absolute atomic E-state index is 5.47. The van der Waals surface area contributed by atoms with E-state index >= 15 is 0 Å². The minimum absolute atomic E-state index is 0.236. The molecule has 0 bridgehead atoms. The summed E-state index contributed by atoms with van der Waals surface area (Å²) in [4.78, 5) is 0. The van der Waals surface area contributed by atoms with Crippen LogP contribution >= 0.6 is 34.8 Å². The molecule has 0 rings (SSSR count). The van der Waals surface area contributed by atoms with E-state index in [1.54, 1.807) is 0 Å². The van der Waals surface area contributed by atoms with Gasteiger partial charge in [-0.05, 0) is 5.20 Å². The van der Waals surface area contributed by atoms with Gasteiger partial charge in [-0.2, -0.15) is 0 Å². The van der Waals surface area contributed by atoms with Gasteiger partial charge in [0.05, 0.1) is 9.52 Å². The maximum atomic E-state index is 5.47. The number of halogens is 3. The van der Waals surface area contributed by atoms with Crippen molar-refractivity contribution < 1.29 is 0 Å². The highest BCUT2D eigenvalue weighted by molar-refractivity contribution is 6.62. The molecule has 0 atom stereocenters. The summed E-state index contributed by atoms with van der Waals surface area (Å²) in [7, 11) is -0.236. The Balaban J connectivity index is 3.86. The van der Waals surface area contributed by atoms with Gasteiger partial charge in [-0.1, -0.05) is 29.7 Å². The third-order valence-electron chi connectivity index (χ3n) is 0.855. The third-order valence-corrected chi connectivity index (χ3v) is 3.93. The summed E-state index contributed by atoms with van der Waals surface area (Å²) in [6, 6.07) is 0. The fourth-order valence-corrected chi connectivity index (χ4v) is 2.51. The zero-order valence-corrected chi connectivity index (χ0v) is 8.23. The van der Waals surface area contributed by atoms with E-state index in [0.29, 0.717) is 10.4 Å². The van der Waals surface area contributed by atoms with Gasteiger partial charge in [0.2, 0.25) is 0 Å². The van der Waals surface area contributed by atoms with Gasteiger partial charge in [-0.15, -0.1) is 11.6 Å². The predicted molar refractivity (Wildman–Crippen MR) is 43.9 cm³/mol. The Morgan fingerprint density at radius 3 is 2.00 bits per heavy atom. The second kappa shape index (κ2) is 4.68. The van der Waals surface area contributed by atoms with Crippen molar-refractivity contribution in [2.24, 2.45) is 0 Å². The molecule has 0 saturated carbocycles. The van der Waals surface area contributed by atoms with Crippen molar-refractivity contribution in [3.05, 3.63) is 9.69 Å². The van der Waals surface area contributed by atoms with Crippen LogP contribution in [0.2, 0.25) is 6.55 Å². The van der Waals surface area contributed by atoms with Crippen molar-refractivity contribution in [1.82, 2.24) is 0 Å². The zero-order chi connectivity index (χ0) is 6.57. The van der Waals surface area contributed by atoms with Crippen LogP contribution in [0.3, 0.4) is 0 Å². The number of hydrogen-bond acceptors (Lipinski definition) is 0. The van der Waals surface area contributed by atoms with E-state index in [4.69, 9.17) is 34.8 Å². The second-order valence-corrected chi connectivity index (χ2v) is 4.13. The molecule has 0 nitrogen and oxygen atoms in total. The van der Waals surface area contributed by atoms with Crippen LogP contribution in [-0.4, -0.2) is 15.4 Å². The fourth-order valence-electron chi connectivity index (χ4n) is 0.279. The highest BCUT2D eigenvalue weighted by atomic mass is 35.5. The highest BCUT2D eigenvalue weighted by Crippen LogP contribution is 2.13. The van der Waals surface area contributed by atoms with Crippen LogP contribution in [0.5, 0.6) is 0 Å². The molecular formula is C4H7Cl3Si. The Morgan fingerprint density at radius 2 is 2.00 bits per heavy atom. The third kappa shape index (κ3) is 2.97. The van der Waals surface area contributed by atoms with Gasteiger partial charge < -0.3 is 0 Å². The minimum atomic E-state index is -0.236. The number of allylic oxidation sites excluding steroid dienone is 1. The summed E-state index contributed by atoms with van der Waals surface area (Å²) in [6.07, 6.45) is 0. The van der Waals surface area contributed by atoms with Crippen molar-refractivity contribution in [3.63, 3.8) is 0 Å². The Labute approximate surface area is 66.6 Å². The first-order valence-corrected chi connectivity index (χ1v) is 5.72. The number of rotatable bonds is 2. The monoisotopic (exact) mass is 188 g/mol. The lowest BCUT2D eigenvalue weighted by molar-refractivity contribution is 1.66. The van der Waals surface area contributed by atoms with E-state index in [0.717, 1.165) is 5.20 Å². The van der Waals surface area contributed by atoms with Crippen LogP contribution < -0.4 is 0 Å². The fraction of sp³-hybridized carbons (Fsp3) is 0.500. The molecule has 0 fully saturated rings. The number of alkyl halides is 1. The molecule has 0 amide bonds. The van der Waals surface area contributed by atoms with Gasteiger partial charge in [-0.25, -0.2) is 0 Å². The molecule has 0 saturated heterocycles. The van der Waals surface area contributed by atoms with Crippen molar-refractivity contribution >= 4 is 44.3 Å². The van der Waals surface area contributed by atoms with Gasteiger partial charge in [0.15, 0.2) is 0 Å². The summed E-state index contributed by atoms with van der Waals surface area (Å²) < 4.78 is 0.370. The van der Waals surface area contributed by atoms with Crippen LogP contribution in [0.25, 0.3) is 0 Å². The van der Waals surface area contributed by atoms with Gasteiger partial charge in [0.1, 0.15) is 4.49 Å². The van der Waals surface area contributed by atoms with E-state index in [-0.39, 0.29) is 9.52 Å². The van der Waals surface area contributed by atoms with Crippen LogP contribution in [-0.2, 0) is 0 Å². The van der Waals surface area contributed by atoms with Gasteiger partial charge in [-0.3, -0.25) is 0 Å². The van der Waals surface area contributed by atoms with E-state index in [2.05, 4.69) is 6.55 Å². The Hall–Kier alpha value is 0.827. The molecule has 0 aromatic heterocycles. The van der Waals surface area contributed by atoms with Crippen molar-refractivity contribution in [2.75, 3.05) is 5.88 Å². The smallest absolute Gasteiger partial charge is 0.102 e. The molecule has 0 aromatic rings. The molecule has 0 aromatic carbocycles. The van der Waals surface area contributed by atoms with Gasteiger partial charge >= 0.3 is 0 Å². The Morgan fingerprint density at radius 1 is 1.50 bits per heavy atom. The summed E-state index contributed by atoms with van der Waals surface area (Å²) in [5, 5.41) is 1.04. The summed E-state index contributed by atoms with van der Waals surface area (Å²) in [6.45, 7) is 2.10. The van der Waals surface area contributed by atoms with Gasteiger partial charge in [0.25, 0.3) is 0 Å². The standard InChI is InChI=1S/C4H7Cl3Si/c1-8-3(2-5)4(6)7/h2,8H2,1H3. The Bertz CT molecular complexity index is 89.5. The van der Waals surface area contributed by atoms with Crippen LogP contribution in [0, 0.1) is 0 Å². The second-order valence-electron chi connectivity index (χ2n) is 1.35. The van der Waals surface area contributed by atoms with E-state index in [1.807, 2.05) is 0 Å². The lowest BCUT2D eigenvalue weighted by Crippen LogP contribution is -1.92. The normalized spacial score (nSPS) is 10.5. The first-order chi connectivity index (χ1) is 3.72. The SMILES string of the molecule is C[SiH2]C(CCl)=C(Cl)Cl. The molecule has 0 aliphatic heterocycles. The largest absolute Gasteiger partial charge is 0.122 e. The van der Waals surface area contributed by atoms with Crippen molar-refractivity contribution in [3.8, 4) is 0 Å². The average Bonchev–Trinajstić information content (AvgIpc) is 1.69.